The van der Waals surface area contributed by atoms with Crippen LogP contribution < -0.4 is 14.8 Å². The summed E-state index contributed by atoms with van der Waals surface area (Å²) in [5, 5.41) is 3.78. The number of rotatable bonds is 4. The smallest absolute Gasteiger partial charge is 0.161 e. The Bertz CT molecular complexity index is 678. The molecule has 0 spiro atoms. The number of nitrogens with one attached hydrogen (secondary N) is 1. The number of anilines is 1. The van der Waals surface area contributed by atoms with E-state index in [1.165, 1.54) is 0 Å². The molecule has 1 aliphatic heterocycles. The Kier molecular flexibility index (Phi) is 4.34. The molecule has 0 bridgehead atoms. The van der Waals surface area contributed by atoms with Crippen molar-refractivity contribution in [2.45, 2.75) is 26.4 Å². The Balaban J connectivity index is 1.68. The quantitative estimate of drug-likeness (QED) is 0.877. The van der Waals surface area contributed by atoms with Crippen LogP contribution in [0.25, 0.3) is 0 Å². The Morgan fingerprint density at radius 2 is 2.05 bits per heavy atom. The Morgan fingerprint density at radius 3 is 2.82 bits per heavy atom. The molecule has 1 aromatic carbocycles. The molecule has 1 atom stereocenters. The van der Waals surface area contributed by atoms with Crippen LogP contribution in [0.3, 0.4) is 0 Å². The fraction of sp³-hybridized carbons (Fsp3) is 0.375. The summed E-state index contributed by atoms with van der Waals surface area (Å²) in [4.78, 5) is 8.71. The molecule has 0 radical (unpaired) electrons. The number of ether oxygens (including phenoxy) is 2. The predicted octanol–water partition coefficient (Wildman–Crippen LogP) is 3.25. The Morgan fingerprint density at radius 1 is 1.27 bits per heavy atom. The van der Waals surface area contributed by atoms with Crippen LogP contribution in [-0.2, 0) is 6.42 Å². The van der Waals surface area contributed by atoms with Crippen LogP contribution in [0.15, 0.2) is 24.3 Å². The van der Waals surface area contributed by atoms with E-state index in [4.69, 9.17) is 21.1 Å². The van der Waals surface area contributed by atoms with Gasteiger partial charge in [0, 0.05) is 12.0 Å². The van der Waals surface area contributed by atoms with Crippen LogP contribution >= 0.6 is 11.6 Å². The first kappa shape index (κ1) is 14.9. The Labute approximate surface area is 134 Å². The number of nitrogens with zero attached hydrogens (tertiary/aromatic N) is 2. The van der Waals surface area contributed by atoms with Gasteiger partial charge in [-0.1, -0.05) is 30.7 Å². The van der Waals surface area contributed by atoms with Crippen molar-refractivity contribution in [3.05, 3.63) is 40.8 Å². The molecule has 2 heterocycles. The second kappa shape index (κ2) is 6.40. The van der Waals surface area contributed by atoms with Gasteiger partial charge in [-0.05, 0) is 19.1 Å². The minimum atomic E-state index is -0.0758. The number of benzene rings is 1. The Hall–Kier alpha value is -2.01. The van der Waals surface area contributed by atoms with Gasteiger partial charge >= 0.3 is 0 Å². The van der Waals surface area contributed by atoms with Crippen molar-refractivity contribution in [2.75, 3.05) is 18.5 Å². The van der Waals surface area contributed by atoms with E-state index in [-0.39, 0.29) is 6.10 Å². The molecule has 0 amide bonds. The number of para-hydroxylation sites is 2. The normalized spacial score (nSPS) is 16.4. The third kappa shape index (κ3) is 3.09. The van der Waals surface area contributed by atoms with Gasteiger partial charge in [0.05, 0.1) is 6.54 Å². The average molecular weight is 320 g/mol. The van der Waals surface area contributed by atoms with Crippen LogP contribution in [0.4, 0.5) is 5.82 Å². The summed E-state index contributed by atoms with van der Waals surface area (Å²) in [5.74, 6) is 3.03. The molecule has 1 N–H and O–H groups in total. The van der Waals surface area contributed by atoms with Crippen molar-refractivity contribution < 1.29 is 9.47 Å². The molecule has 6 heteroatoms. The summed E-state index contributed by atoms with van der Waals surface area (Å²) in [7, 11) is 0. The third-order valence-electron chi connectivity index (χ3n) is 3.51. The van der Waals surface area contributed by atoms with Crippen molar-refractivity contribution in [2.24, 2.45) is 0 Å². The summed E-state index contributed by atoms with van der Waals surface area (Å²) >= 11 is 6.14. The van der Waals surface area contributed by atoms with E-state index in [1.54, 1.807) is 0 Å². The molecular weight excluding hydrogens is 302 g/mol. The topological polar surface area (TPSA) is 56.3 Å². The van der Waals surface area contributed by atoms with Crippen molar-refractivity contribution in [3.63, 3.8) is 0 Å². The molecule has 1 aliphatic rings. The van der Waals surface area contributed by atoms with Crippen LogP contribution in [0.2, 0.25) is 5.15 Å². The van der Waals surface area contributed by atoms with Gasteiger partial charge in [-0.25, -0.2) is 9.97 Å². The molecule has 0 saturated heterocycles. The SMILES string of the molecule is CCc1nc(Cl)c(C)c(NC[C@@H]2COc3ccccc3O2)n1. The van der Waals surface area contributed by atoms with E-state index in [0.29, 0.717) is 18.3 Å². The number of hydrogen-bond donors (Lipinski definition) is 1. The maximum Gasteiger partial charge on any atom is 0.161 e. The van der Waals surface area contributed by atoms with Gasteiger partial charge in [-0.2, -0.15) is 0 Å². The molecule has 0 fully saturated rings. The molecule has 0 unspecified atom stereocenters. The number of hydrogen-bond acceptors (Lipinski definition) is 5. The highest BCUT2D eigenvalue weighted by molar-refractivity contribution is 6.30. The highest BCUT2D eigenvalue weighted by atomic mass is 35.5. The average Bonchev–Trinajstić information content (AvgIpc) is 2.55. The van der Waals surface area contributed by atoms with Gasteiger partial charge in [0.25, 0.3) is 0 Å². The lowest BCUT2D eigenvalue weighted by Crippen LogP contribution is -2.35. The zero-order valence-corrected chi connectivity index (χ0v) is 13.4. The summed E-state index contributed by atoms with van der Waals surface area (Å²) in [6, 6.07) is 7.67. The molecule has 0 saturated carbocycles. The van der Waals surface area contributed by atoms with Crippen molar-refractivity contribution in [3.8, 4) is 11.5 Å². The highest BCUT2D eigenvalue weighted by Crippen LogP contribution is 2.31. The lowest BCUT2D eigenvalue weighted by atomic mass is 10.2. The van der Waals surface area contributed by atoms with E-state index in [1.807, 2.05) is 38.1 Å². The van der Waals surface area contributed by atoms with Gasteiger partial charge in [0.2, 0.25) is 0 Å². The molecular formula is C16H18ClN3O2. The second-order valence-electron chi connectivity index (χ2n) is 5.14. The molecule has 22 heavy (non-hydrogen) atoms. The van der Waals surface area contributed by atoms with Gasteiger partial charge in [0.1, 0.15) is 29.5 Å². The van der Waals surface area contributed by atoms with Gasteiger partial charge in [-0.15, -0.1) is 0 Å². The monoisotopic (exact) mass is 319 g/mol. The van der Waals surface area contributed by atoms with Gasteiger partial charge < -0.3 is 14.8 Å². The zero-order chi connectivity index (χ0) is 15.5. The van der Waals surface area contributed by atoms with E-state index >= 15 is 0 Å². The number of fused-ring (bicyclic) bond motifs is 1. The molecule has 116 valence electrons. The summed E-state index contributed by atoms with van der Waals surface area (Å²) in [6.45, 7) is 4.99. The fourth-order valence-corrected chi connectivity index (χ4v) is 2.42. The second-order valence-corrected chi connectivity index (χ2v) is 5.49. The predicted molar refractivity (Wildman–Crippen MR) is 86.0 cm³/mol. The first-order valence-electron chi connectivity index (χ1n) is 7.32. The van der Waals surface area contributed by atoms with E-state index in [9.17, 15) is 0 Å². The largest absolute Gasteiger partial charge is 0.486 e. The van der Waals surface area contributed by atoms with Crippen LogP contribution in [0, 0.1) is 6.92 Å². The third-order valence-corrected chi connectivity index (χ3v) is 3.88. The number of aryl methyl sites for hydroxylation is 1. The highest BCUT2D eigenvalue weighted by Gasteiger charge is 2.21. The van der Waals surface area contributed by atoms with Crippen LogP contribution in [0.1, 0.15) is 18.3 Å². The van der Waals surface area contributed by atoms with E-state index in [2.05, 4.69) is 15.3 Å². The first-order chi connectivity index (χ1) is 10.7. The maximum absolute atomic E-state index is 6.14. The van der Waals surface area contributed by atoms with E-state index < -0.39 is 0 Å². The standard InChI is InChI=1S/C16H18ClN3O2/c1-3-14-19-15(17)10(2)16(20-14)18-8-11-9-21-12-6-4-5-7-13(12)22-11/h4-7,11H,3,8-9H2,1-2H3,(H,18,19,20)/t11-/m1/s1. The zero-order valence-electron chi connectivity index (χ0n) is 12.6. The molecule has 3 rings (SSSR count). The number of halogens is 1. The molecule has 2 aromatic rings. The fourth-order valence-electron chi connectivity index (χ4n) is 2.24. The minimum Gasteiger partial charge on any atom is -0.486 e. The lowest BCUT2D eigenvalue weighted by Gasteiger charge is -2.27. The molecule has 1 aromatic heterocycles. The first-order valence-corrected chi connectivity index (χ1v) is 7.70. The number of aromatic nitrogens is 2. The van der Waals surface area contributed by atoms with Crippen molar-refractivity contribution in [1.29, 1.82) is 0 Å². The van der Waals surface area contributed by atoms with E-state index in [0.717, 1.165) is 35.1 Å². The van der Waals surface area contributed by atoms with Gasteiger partial charge in [0.15, 0.2) is 11.5 Å². The van der Waals surface area contributed by atoms with Crippen LogP contribution in [-0.4, -0.2) is 29.2 Å². The summed E-state index contributed by atoms with van der Waals surface area (Å²) in [6.07, 6.45) is 0.665. The van der Waals surface area contributed by atoms with Crippen molar-refractivity contribution in [1.82, 2.24) is 9.97 Å². The van der Waals surface area contributed by atoms with Crippen LogP contribution in [0.5, 0.6) is 11.5 Å². The summed E-state index contributed by atoms with van der Waals surface area (Å²) in [5.41, 5.74) is 0.844. The molecule has 0 aliphatic carbocycles. The minimum absolute atomic E-state index is 0.0758. The summed E-state index contributed by atoms with van der Waals surface area (Å²) < 4.78 is 11.6. The lowest BCUT2D eigenvalue weighted by molar-refractivity contribution is 0.0997. The molecule has 5 nitrogen and oxygen atoms in total. The van der Waals surface area contributed by atoms with Crippen molar-refractivity contribution >= 4 is 17.4 Å². The van der Waals surface area contributed by atoms with Gasteiger partial charge in [-0.3, -0.25) is 0 Å². The maximum atomic E-state index is 6.14.